The fourth-order valence-electron chi connectivity index (χ4n) is 6.28. The Morgan fingerprint density at radius 1 is 0.647 bits per heavy atom. The van der Waals surface area contributed by atoms with Crippen LogP contribution in [0, 0.1) is 0 Å². The van der Waals surface area contributed by atoms with E-state index in [1.54, 1.807) is 6.08 Å². The summed E-state index contributed by atoms with van der Waals surface area (Å²) in [6.07, 6.45) is 39.6. The van der Waals surface area contributed by atoms with E-state index in [1.165, 1.54) is 148 Å². The summed E-state index contributed by atoms with van der Waals surface area (Å²) in [6, 6.07) is -0.836. The summed E-state index contributed by atoms with van der Waals surface area (Å²) in [5, 5.41) is 13.4. The fourth-order valence-corrected chi connectivity index (χ4v) is 7.02. The lowest BCUT2D eigenvalue weighted by atomic mass is 10.0. The number of hydrogen-bond acceptors (Lipinski definition) is 5. The van der Waals surface area contributed by atoms with Crippen molar-refractivity contribution in [2.45, 2.75) is 212 Å². The van der Waals surface area contributed by atoms with Crippen LogP contribution in [0.25, 0.3) is 0 Å². The van der Waals surface area contributed by atoms with E-state index in [-0.39, 0.29) is 19.1 Å². The number of amides is 1. The van der Waals surface area contributed by atoms with Crippen LogP contribution in [0.1, 0.15) is 200 Å². The molecule has 3 atom stereocenters. The molecule has 0 heterocycles. The van der Waals surface area contributed by atoms with Crippen LogP contribution in [-0.2, 0) is 18.4 Å². The van der Waals surface area contributed by atoms with Crippen LogP contribution in [-0.4, -0.2) is 73.4 Å². The van der Waals surface area contributed by atoms with Crippen molar-refractivity contribution in [2.24, 2.45) is 0 Å². The summed E-state index contributed by atoms with van der Waals surface area (Å²) < 4.78 is 23.2. The highest BCUT2D eigenvalue weighted by Gasteiger charge is 2.27. The molecule has 1 amide bonds. The number of carbonyl (C=O) groups excluding carboxylic acids is 1. The molecule has 0 spiro atoms. The van der Waals surface area contributed by atoms with Crippen molar-refractivity contribution in [3.8, 4) is 0 Å². The molecule has 0 aromatic rings. The molecule has 0 saturated carbocycles. The van der Waals surface area contributed by atoms with Crippen molar-refractivity contribution in [1.82, 2.24) is 5.32 Å². The summed E-state index contributed by atoms with van der Waals surface area (Å²) in [5.41, 5.74) is 0. The minimum Gasteiger partial charge on any atom is -0.387 e. The van der Waals surface area contributed by atoms with Gasteiger partial charge in [-0.2, -0.15) is 0 Å². The number of rotatable bonds is 39. The van der Waals surface area contributed by atoms with Gasteiger partial charge in [0.25, 0.3) is 0 Å². The van der Waals surface area contributed by atoms with Crippen molar-refractivity contribution >= 4 is 13.7 Å². The Kier molecular flexibility index (Phi) is 34.5. The van der Waals surface area contributed by atoms with Gasteiger partial charge in [-0.3, -0.25) is 13.8 Å². The highest BCUT2D eigenvalue weighted by atomic mass is 31.2. The van der Waals surface area contributed by atoms with Gasteiger partial charge in [0.1, 0.15) is 13.2 Å². The Labute approximate surface area is 316 Å². The SMILES string of the molecule is CCC/C=C/C(O)C(COP(=O)(O)OCC[N+](C)(C)C)NC(=O)CCCCCCCCCCCCCCCCCCCCCCCCCCCC. The molecule has 0 saturated heterocycles. The molecule has 3 unspecified atom stereocenters. The van der Waals surface area contributed by atoms with Gasteiger partial charge in [-0.25, -0.2) is 4.57 Å². The monoisotopic (exact) mass is 746 g/mol. The van der Waals surface area contributed by atoms with Gasteiger partial charge in [-0.1, -0.05) is 193 Å². The normalized spacial score (nSPS) is 14.6. The fraction of sp³-hybridized carbons (Fsp3) is 0.929. The van der Waals surface area contributed by atoms with Gasteiger partial charge >= 0.3 is 7.82 Å². The highest BCUT2D eigenvalue weighted by Crippen LogP contribution is 2.43. The number of carbonyl (C=O) groups is 1. The van der Waals surface area contributed by atoms with Crippen molar-refractivity contribution in [3.63, 3.8) is 0 Å². The van der Waals surface area contributed by atoms with Crippen LogP contribution in [0.2, 0.25) is 0 Å². The minimum atomic E-state index is -4.31. The number of phosphoric ester groups is 1. The van der Waals surface area contributed by atoms with Gasteiger partial charge in [0.05, 0.1) is 39.9 Å². The predicted octanol–water partition coefficient (Wildman–Crippen LogP) is 11.6. The van der Waals surface area contributed by atoms with Crippen molar-refractivity contribution in [1.29, 1.82) is 0 Å². The van der Waals surface area contributed by atoms with Gasteiger partial charge in [0.15, 0.2) is 0 Å². The maximum Gasteiger partial charge on any atom is 0.472 e. The smallest absolute Gasteiger partial charge is 0.387 e. The molecule has 51 heavy (non-hydrogen) atoms. The molecule has 0 aliphatic heterocycles. The van der Waals surface area contributed by atoms with Crippen LogP contribution >= 0.6 is 7.82 Å². The van der Waals surface area contributed by atoms with Gasteiger partial charge in [0.2, 0.25) is 5.91 Å². The van der Waals surface area contributed by atoms with Crippen LogP contribution in [0.5, 0.6) is 0 Å². The van der Waals surface area contributed by atoms with Crippen LogP contribution in [0.4, 0.5) is 0 Å². The van der Waals surface area contributed by atoms with Crippen molar-refractivity contribution < 1.29 is 32.9 Å². The topological polar surface area (TPSA) is 105 Å². The number of likely N-dealkylation sites (N-methyl/N-ethyl adjacent to an activating group) is 1. The first kappa shape index (κ1) is 50.2. The molecule has 0 aromatic carbocycles. The lowest BCUT2D eigenvalue weighted by molar-refractivity contribution is -0.870. The Morgan fingerprint density at radius 3 is 1.41 bits per heavy atom. The Bertz CT molecular complexity index is 850. The average molecular weight is 746 g/mol. The molecule has 3 N–H and O–H groups in total. The molecule has 0 radical (unpaired) electrons. The Hall–Kier alpha value is -0.760. The van der Waals surface area contributed by atoms with E-state index >= 15 is 0 Å². The predicted molar refractivity (Wildman–Crippen MR) is 217 cm³/mol. The molecular weight excluding hydrogens is 659 g/mol. The third-order valence-electron chi connectivity index (χ3n) is 9.74. The third kappa shape index (κ3) is 37.4. The number of aliphatic hydroxyl groups is 1. The second kappa shape index (κ2) is 35.0. The zero-order valence-corrected chi connectivity index (χ0v) is 35.3. The summed E-state index contributed by atoms with van der Waals surface area (Å²) in [4.78, 5) is 22.8. The molecule has 0 rings (SSSR count). The maximum atomic E-state index is 12.7. The van der Waals surface area contributed by atoms with E-state index in [1.807, 2.05) is 34.1 Å². The second-order valence-corrected chi connectivity index (χ2v) is 17.5. The summed E-state index contributed by atoms with van der Waals surface area (Å²) >= 11 is 0. The molecule has 0 bridgehead atoms. The number of hydrogen-bond donors (Lipinski definition) is 3. The van der Waals surface area contributed by atoms with Crippen molar-refractivity contribution in [2.75, 3.05) is 40.9 Å². The number of phosphoric acid groups is 1. The number of unbranched alkanes of at least 4 members (excludes halogenated alkanes) is 26. The molecule has 304 valence electrons. The van der Waals surface area contributed by atoms with E-state index in [4.69, 9.17) is 9.05 Å². The Balaban J connectivity index is 3.81. The first-order valence-electron chi connectivity index (χ1n) is 21.6. The summed E-state index contributed by atoms with van der Waals surface area (Å²) in [7, 11) is 1.57. The Morgan fingerprint density at radius 2 is 1.04 bits per heavy atom. The zero-order valence-electron chi connectivity index (χ0n) is 34.4. The molecule has 0 aromatic heterocycles. The van der Waals surface area contributed by atoms with Gasteiger partial charge in [-0.15, -0.1) is 0 Å². The molecule has 8 nitrogen and oxygen atoms in total. The standard InChI is InChI=1S/C42H85N2O6P/c1-6-8-10-11-12-13-14-15-16-17-18-19-20-21-22-23-24-25-26-27-28-29-30-31-32-34-36-42(46)43-40(41(45)35-33-9-7-2)39-50-51(47,48)49-38-37-44(3,4)5/h33,35,40-41,45H,6-32,34,36-39H2,1-5H3,(H-,43,46,47,48)/p+1/b35-33+. The van der Waals surface area contributed by atoms with Gasteiger partial charge < -0.3 is 19.8 Å². The van der Waals surface area contributed by atoms with Crippen molar-refractivity contribution in [3.05, 3.63) is 12.2 Å². The number of nitrogens with one attached hydrogen (secondary N) is 1. The quantitative estimate of drug-likeness (QED) is 0.0250. The van der Waals surface area contributed by atoms with Gasteiger partial charge in [0, 0.05) is 6.42 Å². The van der Waals surface area contributed by atoms with E-state index in [0.717, 1.165) is 32.1 Å². The largest absolute Gasteiger partial charge is 0.472 e. The molecule has 0 aliphatic carbocycles. The van der Waals surface area contributed by atoms with E-state index < -0.39 is 20.0 Å². The number of nitrogens with zero attached hydrogens (tertiary/aromatic N) is 1. The minimum absolute atomic E-state index is 0.0624. The van der Waals surface area contributed by atoms with Gasteiger partial charge in [-0.05, 0) is 12.8 Å². The molecular formula is C42H86N2O6P+. The maximum absolute atomic E-state index is 12.7. The second-order valence-electron chi connectivity index (χ2n) is 16.1. The zero-order chi connectivity index (χ0) is 37.9. The van der Waals surface area contributed by atoms with Crippen LogP contribution in [0.3, 0.4) is 0 Å². The molecule has 9 heteroatoms. The van der Waals surface area contributed by atoms with E-state index in [0.29, 0.717) is 17.4 Å². The summed E-state index contributed by atoms with van der Waals surface area (Å²) in [6.45, 7) is 4.61. The third-order valence-corrected chi connectivity index (χ3v) is 10.7. The summed E-state index contributed by atoms with van der Waals surface area (Å²) in [5.74, 6) is -0.186. The first-order chi connectivity index (χ1) is 24.5. The lowest BCUT2D eigenvalue weighted by Crippen LogP contribution is -2.45. The highest BCUT2D eigenvalue weighted by molar-refractivity contribution is 7.47. The average Bonchev–Trinajstić information content (AvgIpc) is 3.07. The number of allylic oxidation sites excluding steroid dienone is 1. The van der Waals surface area contributed by atoms with Crippen LogP contribution in [0.15, 0.2) is 12.2 Å². The lowest BCUT2D eigenvalue weighted by Gasteiger charge is -2.25. The van der Waals surface area contributed by atoms with E-state index in [2.05, 4.69) is 12.2 Å². The first-order valence-corrected chi connectivity index (χ1v) is 23.1. The molecule has 0 fully saturated rings. The van der Waals surface area contributed by atoms with Crippen LogP contribution < -0.4 is 5.32 Å². The number of aliphatic hydroxyl groups excluding tert-OH is 1. The van der Waals surface area contributed by atoms with E-state index in [9.17, 15) is 19.4 Å². The number of quaternary nitrogens is 1. The molecule has 0 aliphatic rings.